The molecule has 2 heterocycles. The second kappa shape index (κ2) is 13.4. The van der Waals surface area contributed by atoms with Gasteiger partial charge in [-0.2, -0.15) is 0 Å². The van der Waals surface area contributed by atoms with Gasteiger partial charge in [-0.3, -0.25) is 0 Å². The molecule has 2 aromatic heterocycles. The molecular weight excluding hydrogens is 719 g/mol. The first-order chi connectivity index (χ1) is 29.3. The summed E-state index contributed by atoms with van der Waals surface area (Å²) in [4.78, 5) is 2.47. The van der Waals surface area contributed by atoms with Gasteiger partial charge in [-0.15, -0.1) is 0 Å². The Morgan fingerprint density at radius 3 is 1.59 bits per heavy atom. The van der Waals surface area contributed by atoms with E-state index >= 15 is 0 Å². The Morgan fingerprint density at radius 2 is 0.797 bits per heavy atom. The maximum Gasteiger partial charge on any atom is 0.159 e. The maximum absolute atomic E-state index is 6.92. The Kier molecular flexibility index (Phi) is 7.54. The summed E-state index contributed by atoms with van der Waals surface area (Å²) in [5.41, 5.74) is 13.3. The highest BCUT2D eigenvalue weighted by Crippen LogP contribution is 2.53. The lowest BCUT2D eigenvalue weighted by molar-refractivity contribution is 0.668. The van der Waals surface area contributed by atoms with E-state index in [-0.39, 0.29) is 0 Å². The van der Waals surface area contributed by atoms with Crippen molar-refractivity contribution in [2.24, 2.45) is 0 Å². The van der Waals surface area contributed by atoms with Gasteiger partial charge in [-0.05, 0) is 68.7 Å². The summed E-state index contributed by atoms with van der Waals surface area (Å²) in [5.74, 6) is 0. The molecule has 0 spiro atoms. The third-order valence-corrected chi connectivity index (χ3v) is 11.9. The van der Waals surface area contributed by atoms with Crippen molar-refractivity contribution in [2.45, 2.75) is 0 Å². The van der Waals surface area contributed by atoms with E-state index in [1.165, 1.54) is 27.3 Å². The molecule has 59 heavy (non-hydrogen) atoms. The number of hydrogen-bond acceptors (Lipinski definition) is 3. The molecule has 12 rings (SSSR count). The summed E-state index contributed by atoms with van der Waals surface area (Å²) in [7, 11) is 0. The minimum atomic E-state index is 0.832. The van der Waals surface area contributed by atoms with Gasteiger partial charge in [0.2, 0.25) is 0 Å². The summed E-state index contributed by atoms with van der Waals surface area (Å²) >= 11 is 0. The van der Waals surface area contributed by atoms with E-state index in [1.54, 1.807) is 0 Å². The van der Waals surface area contributed by atoms with Gasteiger partial charge in [0.1, 0.15) is 16.7 Å². The Labute approximate surface area is 340 Å². The van der Waals surface area contributed by atoms with Crippen LogP contribution < -0.4 is 4.90 Å². The van der Waals surface area contributed by atoms with Gasteiger partial charge in [-0.1, -0.05) is 182 Å². The van der Waals surface area contributed by atoms with Crippen LogP contribution in [0.1, 0.15) is 0 Å². The molecule has 0 atom stereocenters. The maximum atomic E-state index is 6.92. The largest absolute Gasteiger partial charge is 0.456 e. The van der Waals surface area contributed by atoms with Crippen molar-refractivity contribution < 1.29 is 8.83 Å². The van der Waals surface area contributed by atoms with Crippen LogP contribution in [0.5, 0.6) is 0 Å². The van der Waals surface area contributed by atoms with E-state index in [1.807, 2.05) is 12.1 Å². The van der Waals surface area contributed by atoms with Crippen LogP contribution in [0.2, 0.25) is 0 Å². The van der Waals surface area contributed by atoms with Gasteiger partial charge in [0, 0.05) is 38.1 Å². The lowest BCUT2D eigenvalue weighted by Gasteiger charge is -2.32. The molecule has 0 aliphatic heterocycles. The highest BCUT2D eigenvalue weighted by atomic mass is 16.3. The lowest BCUT2D eigenvalue weighted by Crippen LogP contribution is -2.14. The summed E-state index contributed by atoms with van der Waals surface area (Å²) in [6, 6.07) is 75.8. The molecule has 0 saturated heterocycles. The lowest BCUT2D eigenvalue weighted by atomic mass is 9.88. The van der Waals surface area contributed by atoms with Crippen molar-refractivity contribution in [2.75, 3.05) is 4.90 Å². The molecule has 3 heteroatoms. The number of nitrogens with zero attached hydrogens (tertiary/aromatic N) is 1. The van der Waals surface area contributed by atoms with E-state index in [2.05, 4.69) is 205 Å². The van der Waals surface area contributed by atoms with Gasteiger partial charge < -0.3 is 13.7 Å². The first-order valence-electron chi connectivity index (χ1n) is 20.1. The summed E-state index contributed by atoms with van der Waals surface area (Å²) in [6.07, 6.45) is 0. The molecule has 0 fully saturated rings. The summed E-state index contributed by atoms with van der Waals surface area (Å²) in [5, 5.41) is 9.06. The van der Waals surface area contributed by atoms with Crippen LogP contribution in [0.25, 0.3) is 98.8 Å². The normalized spacial score (nSPS) is 11.7. The average molecular weight is 754 g/mol. The second-order valence-corrected chi connectivity index (χ2v) is 15.1. The zero-order valence-electron chi connectivity index (χ0n) is 32.0. The molecule has 0 bridgehead atoms. The quantitative estimate of drug-likeness (QED) is 0.158. The Bertz CT molecular complexity index is 3560. The van der Waals surface area contributed by atoms with Crippen LogP contribution in [0.15, 0.2) is 221 Å². The van der Waals surface area contributed by atoms with Crippen LogP contribution in [-0.4, -0.2) is 0 Å². The highest BCUT2D eigenvalue weighted by molar-refractivity contribution is 6.24. The van der Waals surface area contributed by atoms with Crippen molar-refractivity contribution in [3.8, 4) is 33.4 Å². The molecule has 0 N–H and O–H groups in total. The van der Waals surface area contributed by atoms with Crippen LogP contribution in [0.3, 0.4) is 0 Å². The standard InChI is InChI=1S/C56H35NO2/c1-2-16-36(17-3-1)37-32-34-38(35-33-37)53-43-22-6-4-18-39(43)40-19-5-7-23-45(40)55(53)57(49-28-14-26-46-42-21-9-12-29-50(42)59-56(46)49)48-27-11-8-20-41(48)44-25-15-31-52-54(44)47-24-10-13-30-51(47)58-52/h1-35H. The van der Waals surface area contributed by atoms with Crippen molar-refractivity contribution in [3.05, 3.63) is 212 Å². The fourth-order valence-electron chi connectivity index (χ4n) is 9.28. The van der Waals surface area contributed by atoms with E-state index < -0.39 is 0 Å². The average Bonchev–Trinajstić information content (AvgIpc) is 3.89. The smallest absolute Gasteiger partial charge is 0.159 e. The Hall–Kier alpha value is -7.88. The number of benzene rings is 10. The molecule has 0 unspecified atom stereocenters. The van der Waals surface area contributed by atoms with Crippen LogP contribution in [-0.2, 0) is 0 Å². The van der Waals surface area contributed by atoms with Gasteiger partial charge in [0.25, 0.3) is 0 Å². The van der Waals surface area contributed by atoms with E-state index in [4.69, 9.17) is 8.83 Å². The molecule has 0 amide bonds. The molecule has 0 aliphatic carbocycles. The predicted octanol–water partition coefficient (Wildman–Crippen LogP) is 16.3. The SMILES string of the molecule is c1ccc(-c2ccc(-c3c(N(c4ccccc4-c4cccc5oc6ccccc6c45)c4cccc5c4oc4ccccc45)c4ccccc4c4ccccc34)cc2)cc1. The zero-order chi connectivity index (χ0) is 38.9. The van der Waals surface area contributed by atoms with Gasteiger partial charge in [0.05, 0.1) is 17.1 Å². The number of anilines is 3. The van der Waals surface area contributed by atoms with Crippen LogP contribution >= 0.6 is 0 Å². The number of para-hydroxylation sites is 4. The first kappa shape index (κ1) is 33.3. The van der Waals surface area contributed by atoms with E-state index in [0.29, 0.717) is 0 Å². The number of furan rings is 2. The third-order valence-electron chi connectivity index (χ3n) is 11.9. The van der Waals surface area contributed by atoms with E-state index in [0.717, 1.165) is 88.6 Å². The summed E-state index contributed by atoms with van der Waals surface area (Å²) < 4.78 is 13.4. The number of rotatable bonds is 6. The molecule has 0 radical (unpaired) electrons. The molecule has 0 aliphatic rings. The van der Waals surface area contributed by atoms with Gasteiger partial charge in [-0.25, -0.2) is 0 Å². The minimum absolute atomic E-state index is 0.832. The molecular formula is C56H35NO2. The van der Waals surface area contributed by atoms with Crippen LogP contribution in [0, 0.1) is 0 Å². The van der Waals surface area contributed by atoms with Crippen molar-refractivity contribution in [1.29, 1.82) is 0 Å². The molecule has 276 valence electrons. The Balaban J connectivity index is 1.24. The van der Waals surface area contributed by atoms with Crippen LogP contribution in [0.4, 0.5) is 17.1 Å². The molecule has 10 aromatic carbocycles. The Morgan fingerprint density at radius 1 is 0.288 bits per heavy atom. The van der Waals surface area contributed by atoms with Gasteiger partial charge in [0.15, 0.2) is 5.58 Å². The number of fused-ring (bicyclic) bond motifs is 9. The fourth-order valence-corrected chi connectivity index (χ4v) is 9.28. The first-order valence-corrected chi connectivity index (χ1v) is 20.1. The predicted molar refractivity (Wildman–Crippen MR) is 247 cm³/mol. The minimum Gasteiger partial charge on any atom is -0.456 e. The van der Waals surface area contributed by atoms with E-state index in [9.17, 15) is 0 Å². The fraction of sp³-hybridized carbons (Fsp3) is 0. The topological polar surface area (TPSA) is 29.5 Å². The third kappa shape index (κ3) is 5.22. The van der Waals surface area contributed by atoms with Crippen molar-refractivity contribution in [1.82, 2.24) is 0 Å². The molecule has 12 aromatic rings. The molecule has 3 nitrogen and oxygen atoms in total. The molecule has 0 saturated carbocycles. The van der Waals surface area contributed by atoms with Gasteiger partial charge >= 0.3 is 0 Å². The number of hydrogen-bond donors (Lipinski definition) is 0. The highest BCUT2D eigenvalue weighted by Gasteiger charge is 2.28. The second-order valence-electron chi connectivity index (χ2n) is 15.1. The zero-order valence-corrected chi connectivity index (χ0v) is 32.0. The van der Waals surface area contributed by atoms with Crippen molar-refractivity contribution in [3.63, 3.8) is 0 Å². The van der Waals surface area contributed by atoms with Crippen molar-refractivity contribution >= 4 is 82.5 Å². The monoisotopic (exact) mass is 753 g/mol. The summed E-state index contributed by atoms with van der Waals surface area (Å²) in [6.45, 7) is 0.